The van der Waals surface area contributed by atoms with Crippen LogP contribution in [-0.2, 0) is 14.8 Å². The first kappa shape index (κ1) is 21.9. The van der Waals surface area contributed by atoms with Crippen LogP contribution >= 0.6 is 0 Å². The van der Waals surface area contributed by atoms with Crippen LogP contribution in [0.2, 0.25) is 0 Å². The third-order valence-corrected chi connectivity index (χ3v) is 6.80. The van der Waals surface area contributed by atoms with E-state index in [9.17, 15) is 13.2 Å². The molecule has 2 aromatic rings. The molecule has 160 valence electrons. The third-order valence-electron chi connectivity index (χ3n) is 4.88. The highest BCUT2D eigenvalue weighted by atomic mass is 32.2. The number of piperidine rings is 1. The van der Waals surface area contributed by atoms with Crippen LogP contribution in [0.25, 0.3) is 6.08 Å². The number of ether oxygens (including phenoxy) is 2. The van der Waals surface area contributed by atoms with Gasteiger partial charge in [-0.2, -0.15) is 4.31 Å². The van der Waals surface area contributed by atoms with E-state index in [1.807, 2.05) is 0 Å². The summed E-state index contributed by atoms with van der Waals surface area (Å²) in [7, 11) is -0.660. The first-order chi connectivity index (χ1) is 14.4. The number of methoxy groups -OCH3 is 2. The fourth-order valence-electron chi connectivity index (χ4n) is 3.30. The van der Waals surface area contributed by atoms with Gasteiger partial charge in [0.05, 0.1) is 14.2 Å². The van der Waals surface area contributed by atoms with Crippen LogP contribution in [0.3, 0.4) is 0 Å². The van der Waals surface area contributed by atoms with Crippen molar-refractivity contribution in [3.8, 4) is 11.5 Å². The largest absolute Gasteiger partial charge is 0.497 e. The van der Waals surface area contributed by atoms with Crippen LogP contribution in [0, 0.1) is 0 Å². The number of nitrogens with zero attached hydrogens (tertiary/aromatic N) is 1. The average Bonchev–Trinajstić information content (AvgIpc) is 2.78. The Morgan fingerprint density at radius 3 is 2.50 bits per heavy atom. The number of benzene rings is 2. The number of nitrogens with one attached hydrogen (secondary N) is 1. The van der Waals surface area contributed by atoms with Gasteiger partial charge in [-0.05, 0) is 48.7 Å². The number of hydrogen-bond donors (Lipinski definition) is 1. The van der Waals surface area contributed by atoms with E-state index in [2.05, 4.69) is 5.32 Å². The standard InChI is InChI=1S/C22H26N2O5S/c1-28-19-8-6-7-18(16-19)23-22(25)12-10-17-9-11-20(29-2)21(15-17)30(26,27)24-13-4-3-5-14-24/h6-12,15-16H,3-5,13-14H2,1-2H3,(H,23,25)/b12-10+. The molecule has 1 saturated heterocycles. The molecule has 1 N–H and O–H groups in total. The highest BCUT2D eigenvalue weighted by Gasteiger charge is 2.28. The lowest BCUT2D eigenvalue weighted by atomic mass is 10.2. The lowest BCUT2D eigenvalue weighted by Gasteiger charge is -2.26. The maximum Gasteiger partial charge on any atom is 0.248 e. The van der Waals surface area contributed by atoms with E-state index >= 15 is 0 Å². The van der Waals surface area contributed by atoms with E-state index in [-0.39, 0.29) is 10.8 Å². The van der Waals surface area contributed by atoms with Crippen molar-refractivity contribution in [2.24, 2.45) is 0 Å². The molecule has 0 aliphatic carbocycles. The van der Waals surface area contributed by atoms with Crippen LogP contribution in [0.5, 0.6) is 11.5 Å². The second kappa shape index (κ2) is 9.77. The Morgan fingerprint density at radius 2 is 1.80 bits per heavy atom. The van der Waals surface area contributed by atoms with Gasteiger partial charge in [-0.15, -0.1) is 0 Å². The summed E-state index contributed by atoms with van der Waals surface area (Å²) in [4.78, 5) is 12.4. The molecule has 0 atom stereocenters. The van der Waals surface area contributed by atoms with Crippen molar-refractivity contribution in [2.45, 2.75) is 24.2 Å². The smallest absolute Gasteiger partial charge is 0.248 e. The van der Waals surface area contributed by atoms with Gasteiger partial charge in [0.15, 0.2) is 0 Å². The predicted octanol–water partition coefficient (Wildman–Crippen LogP) is 3.53. The molecular formula is C22H26N2O5S. The fourth-order valence-corrected chi connectivity index (χ4v) is 5.01. The minimum absolute atomic E-state index is 0.113. The zero-order valence-electron chi connectivity index (χ0n) is 17.1. The van der Waals surface area contributed by atoms with Gasteiger partial charge in [0.25, 0.3) is 0 Å². The van der Waals surface area contributed by atoms with Crippen molar-refractivity contribution < 1.29 is 22.7 Å². The molecule has 8 heteroatoms. The maximum absolute atomic E-state index is 13.1. The summed E-state index contributed by atoms with van der Waals surface area (Å²) < 4.78 is 38.1. The van der Waals surface area contributed by atoms with Gasteiger partial charge in [0.1, 0.15) is 16.4 Å². The highest BCUT2D eigenvalue weighted by molar-refractivity contribution is 7.89. The molecule has 0 unspecified atom stereocenters. The molecule has 0 aromatic heterocycles. The number of anilines is 1. The number of rotatable bonds is 7. The molecule has 1 aliphatic rings. The van der Waals surface area contributed by atoms with E-state index in [1.165, 1.54) is 23.6 Å². The topological polar surface area (TPSA) is 84.9 Å². The molecule has 1 heterocycles. The molecule has 0 saturated carbocycles. The second-order valence-electron chi connectivity index (χ2n) is 6.93. The SMILES string of the molecule is COc1cccc(NC(=O)/C=C/c2ccc(OC)c(S(=O)(=O)N3CCCCC3)c2)c1. The second-order valence-corrected chi connectivity index (χ2v) is 8.84. The normalized spacial score (nSPS) is 15.1. The quantitative estimate of drug-likeness (QED) is 0.680. The maximum atomic E-state index is 13.1. The van der Waals surface area contributed by atoms with Crippen LogP contribution < -0.4 is 14.8 Å². The van der Waals surface area contributed by atoms with Crippen LogP contribution in [-0.4, -0.2) is 45.9 Å². The van der Waals surface area contributed by atoms with E-state index in [0.717, 1.165) is 19.3 Å². The Labute approximate surface area is 177 Å². The molecule has 2 aromatic carbocycles. The summed E-state index contributed by atoms with van der Waals surface area (Å²) in [5.74, 6) is 0.595. The number of carbonyl (C=O) groups excluding carboxylic acids is 1. The minimum atomic E-state index is -3.66. The van der Waals surface area contributed by atoms with Crippen molar-refractivity contribution in [3.05, 3.63) is 54.1 Å². The Bertz CT molecular complexity index is 1030. The van der Waals surface area contributed by atoms with Crippen molar-refractivity contribution in [3.63, 3.8) is 0 Å². The Kier molecular flexibility index (Phi) is 7.12. The predicted molar refractivity (Wildman–Crippen MR) is 116 cm³/mol. The molecule has 30 heavy (non-hydrogen) atoms. The summed E-state index contributed by atoms with van der Waals surface area (Å²) in [6.45, 7) is 1.02. The number of carbonyl (C=O) groups is 1. The molecule has 3 rings (SSSR count). The summed E-state index contributed by atoms with van der Waals surface area (Å²) >= 11 is 0. The fraction of sp³-hybridized carbons (Fsp3) is 0.318. The van der Waals surface area contributed by atoms with Gasteiger partial charge < -0.3 is 14.8 Å². The molecule has 7 nitrogen and oxygen atoms in total. The summed E-state index contributed by atoms with van der Waals surface area (Å²) in [5.41, 5.74) is 1.19. The van der Waals surface area contributed by atoms with Crippen molar-refractivity contribution in [2.75, 3.05) is 32.6 Å². The zero-order valence-corrected chi connectivity index (χ0v) is 17.9. The van der Waals surface area contributed by atoms with Crippen LogP contribution in [0.1, 0.15) is 24.8 Å². The molecule has 0 bridgehead atoms. The zero-order chi connectivity index (χ0) is 21.6. The van der Waals surface area contributed by atoms with Gasteiger partial charge in [0.2, 0.25) is 15.9 Å². The third kappa shape index (κ3) is 5.20. The first-order valence-electron chi connectivity index (χ1n) is 9.75. The lowest BCUT2D eigenvalue weighted by molar-refractivity contribution is -0.111. The Morgan fingerprint density at radius 1 is 1.03 bits per heavy atom. The van der Waals surface area contributed by atoms with E-state index in [4.69, 9.17) is 9.47 Å². The first-order valence-corrected chi connectivity index (χ1v) is 11.2. The monoisotopic (exact) mass is 430 g/mol. The Hall–Kier alpha value is -2.84. The molecule has 1 aliphatic heterocycles. The van der Waals surface area contributed by atoms with Crippen LogP contribution in [0.15, 0.2) is 53.4 Å². The number of sulfonamides is 1. The Balaban J connectivity index is 1.79. The molecule has 0 spiro atoms. The lowest BCUT2D eigenvalue weighted by Crippen LogP contribution is -2.35. The van der Waals surface area contributed by atoms with Crippen molar-refractivity contribution in [1.29, 1.82) is 0 Å². The highest BCUT2D eigenvalue weighted by Crippen LogP contribution is 2.30. The van der Waals surface area contributed by atoms with Gasteiger partial charge in [-0.3, -0.25) is 4.79 Å². The molecular weight excluding hydrogens is 404 g/mol. The number of hydrogen-bond acceptors (Lipinski definition) is 5. The van der Waals surface area contributed by atoms with Gasteiger partial charge in [0, 0.05) is 30.9 Å². The molecule has 1 amide bonds. The van der Waals surface area contributed by atoms with Gasteiger partial charge in [-0.25, -0.2) is 8.42 Å². The average molecular weight is 431 g/mol. The van der Waals surface area contributed by atoms with Crippen molar-refractivity contribution >= 4 is 27.7 Å². The van der Waals surface area contributed by atoms with E-state index in [0.29, 0.717) is 35.8 Å². The summed E-state index contributed by atoms with van der Waals surface area (Å²) in [5, 5.41) is 2.75. The summed E-state index contributed by atoms with van der Waals surface area (Å²) in [6.07, 6.45) is 5.67. The minimum Gasteiger partial charge on any atom is -0.497 e. The van der Waals surface area contributed by atoms with E-state index in [1.54, 1.807) is 49.6 Å². The van der Waals surface area contributed by atoms with Gasteiger partial charge in [-0.1, -0.05) is 18.6 Å². The number of amides is 1. The molecule has 0 radical (unpaired) electrons. The van der Waals surface area contributed by atoms with Crippen molar-refractivity contribution in [1.82, 2.24) is 4.31 Å². The summed E-state index contributed by atoms with van der Waals surface area (Å²) in [6, 6.07) is 11.9. The molecule has 1 fully saturated rings. The van der Waals surface area contributed by atoms with E-state index < -0.39 is 10.0 Å². The van der Waals surface area contributed by atoms with Crippen LogP contribution in [0.4, 0.5) is 5.69 Å². The van der Waals surface area contributed by atoms with Gasteiger partial charge >= 0.3 is 0 Å².